The Hall–Kier alpha value is -0.870. The fourth-order valence-electron chi connectivity index (χ4n) is 2.04. The van der Waals surface area contributed by atoms with Crippen molar-refractivity contribution in [2.75, 3.05) is 26.3 Å². The van der Waals surface area contributed by atoms with Crippen LogP contribution in [0.25, 0.3) is 0 Å². The Bertz CT molecular complexity index is 267. The number of ether oxygens (including phenoxy) is 1. The summed E-state index contributed by atoms with van der Waals surface area (Å²) in [6.45, 7) is 7.93. The molecular formula is C13H24N2O2. The van der Waals surface area contributed by atoms with Gasteiger partial charge in [-0.25, -0.2) is 0 Å². The Morgan fingerprint density at radius 2 is 2.24 bits per heavy atom. The van der Waals surface area contributed by atoms with Gasteiger partial charge in [-0.3, -0.25) is 4.79 Å². The first kappa shape index (κ1) is 14.2. The number of carbonyl (C=O) groups is 1. The van der Waals surface area contributed by atoms with E-state index in [0.717, 1.165) is 18.4 Å². The molecule has 0 aliphatic heterocycles. The molecule has 1 fully saturated rings. The second-order valence-corrected chi connectivity index (χ2v) is 5.09. The van der Waals surface area contributed by atoms with E-state index < -0.39 is 0 Å². The largest absolute Gasteiger partial charge is 0.375 e. The molecule has 1 amide bonds. The van der Waals surface area contributed by atoms with E-state index in [1.165, 1.54) is 6.42 Å². The second kappa shape index (κ2) is 6.77. The fourth-order valence-corrected chi connectivity index (χ4v) is 2.04. The van der Waals surface area contributed by atoms with Gasteiger partial charge >= 0.3 is 0 Å². The first-order valence-corrected chi connectivity index (χ1v) is 6.27. The van der Waals surface area contributed by atoms with Crippen molar-refractivity contribution in [3.8, 4) is 0 Å². The Kier molecular flexibility index (Phi) is 5.65. The zero-order chi connectivity index (χ0) is 12.7. The van der Waals surface area contributed by atoms with Gasteiger partial charge in [-0.15, -0.1) is 0 Å². The summed E-state index contributed by atoms with van der Waals surface area (Å²) in [5.74, 6) is 0.0917. The Balaban J connectivity index is 2.07. The van der Waals surface area contributed by atoms with Gasteiger partial charge in [0.05, 0.1) is 13.2 Å². The average Bonchev–Trinajstić information content (AvgIpc) is 2.22. The quantitative estimate of drug-likeness (QED) is 0.495. The number of nitrogens with one attached hydrogen (secondary N) is 1. The summed E-state index contributed by atoms with van der Waals surface area (Å²) >= 11 is 0. The summed E-state index contributed by atoms with van der Waals surface area (Å²) in [4.78, 5) is 11.7. The maximum absolute atomic E-state index is 11.7. The first-order valence-electron chi connectivity index (χ1n) is 6.27. The minimum atomic E-state index is 0.0860. The molecular weight excluding hydrogens is 216 g/mol. The number of amides is 1. The molecule has 0 heterocycles. The minimum absolute atomic E-state index is 0.0860. The number of nitrogens with two attached hydrogens (primary N) is 1. The van der Waals surface area contributed by atoms with E-state index in [1.54, 1.807) is 0 Å². The molecule has 0 spiro atoms. The van der Waals surface area contributed by atoms with Crippen LogP contribution in [0.2, 0.25) is 0 Å². The van der Waals surface area contributed by atoms with Crippen LogP contribution in [0, 0.1) is 5.41 Å². The predicted octanol–water partition coefficient (Wildman–Crippen LogP) is 1.21. The van der Waals surface area contributed by atoms with E-state index in [9.17, 15) is 4.79 Å². The van der Waals surface area contributed by atoms with Gasteiger partial charge in [-0.1, -0.05) is 18.6 Å². The van der Waals surface area contributed by atoms with Crippen LogP contribution in [0.5, 0.6) is 0 Å². The highest BCUT2D eigenvalue weighted by Gasteiger charge is 2.37. The van der Waals surface area contributed by atoms with Crippen molar-refractivity contribution < 1.29 is 9.53 Å². The van der Waals surface area contributed by atoms with Crippen molar-refractivity contribution in [2.24, 2.45) is 11.1 Å². The van der Waals surface area contributed by atoms with Gasteiger partial charge in [0, 0.05) is 13.0 Å². The maximum Gasteiger partial charge on any atom is 0.220 e. The van der Waals surface area contributed by atoms with E-state index >= 15 is 0 Å². The molecule has 1 aliphatic rings. The topological polar surface area (TPSA) is 64.3 Å². The molecule has 0 saturated heterocycles. The average molecular weight is 240 g/mol. The van der Waals surface area contributed by atoms with Crippen molar-refractivity contribution in [3.05, 3.63) is 12.2 Å². The second-order valence-electron chi connectivity index (χ2n) is 5.09. The molecule has 0 radical (unpaired) electrons. The van der Waals surface area contributed by atoms with E-state index in [0.29, 0.717) is 32.7 Å². The summed E-state index contributed by atoms with van der Waals surface area (Å²) in [6, 6.07) is 0. The smallest absolute Gasteiger partial charge is 0.220 e. The molecule has 1 saturated carbocycles. The lowest BCUT2D eigenvalue weighted by Gasteiger charge is -2.40. The van der Waals surface area contributed by atoms with Gasteiger partial charge < -0.3 is 15.8 Å². The van der Waals surface area contributed by atoms with Crippen LogP contribution < -0.4 is 11.1 Å². The third-order valence-electron chi connectivity index (χ3n) is 3.30. The third-order valence-corrected chi connectivity index (χ3v) is 3.30. The molecule has 0 atom stereocenters. The van der Waals surface area contributed by atoms with Crippen LogP contribution in [-0.2, 0) is 9.53 Å². The summed E-state index contributed by atoms with van der Waals surface area (Å²) in [6.07, 6.45) is 3.93. The molecule has 17 heavy (non-hydrogen) atoms. The SMILES string of the molecule is C=C(C)COCCNC(=O)CC1(CN)CCC1. The number of hydrogen-bond donors (Lipinski definition) is 2. The summed E-state index contributed by atoms with van der Waals surface area (Å²) in [5, 5.41) is 2.87. The lowest BCUT2D eigenvalue weighted by atomic mass is 9.66. The van der Waals surface area contributed by atoms with Crippen molar-refractivity contribution in [1.29, 1.82) is 0 Å². The normalized spacial score (nSPS) is 17.3. The first-order chi connectivity index (χ1) is 8.08. The van der Waals surface area contributed by atoms with Crippen LogP contribution in [0.1, 0.15) is 32.6 Å². The van der Waals surface area contributed by atoms with Gasteiger partial charge in [0.15, 0.2) is 0 Å². The van der Waals surface area contributed by atoms with Gasteiger partial charge in [-0.2, -0.15) is 0 Å². The molecule has 98 valence electrons. The predicted molar refractivity (Wildman–Crippen MR) is 68.6 cm³/mol. The maximum atomic E-state index is 11.7. The molecule has 0 aromatic rings. The van der Waals surface area contributed by atoms with Crippen LogP contribution in [0.3, 0.4) is 0 Å². The third kappa shape index (κ3) is 4.88. The molecule has 0 aromatic carbocycles. The standard InChI is InChI=1S/C13H24N2O2/c1-11(2)9-17-7-6-15-12(16)8-13(10-14)4-3-5-13/h1,3-10,14H2,2H3,(H,15,16). The summed E-state index contributed by atoms with van der Waals surface area (Å²) < 4.78 is 5.30. The molecule has 0 aromatic heterocycles. The Morgan fingerprint density at radius 1 is 1.53 bits per heavy atom. The van der Waals surface area contributed by atoms with Crippen molar-refractivity contribution in [1.82, 2.24) is 5.32 Å². The minimum Gasteiger partial charge on any atom is -0.375 e. The van der Waals surface area contributed by atoms with Crippen LogP contribution in [0.15, 0.2) is 12.2 Å². The molecule has 3 N–H and O–H groups in total. The highest BCUT2D eigenvalue weighted by atomic mass is 16.5. The van der Waals surface area contributed by atoms with Gasteiger partial charge in [0.2, 0.25) is 5.91 Å². The van der Waals surface area contributed by atoms with Crippen LogP contribution in [-0.4, -0.2) is 32.2 Å². The monoisotopic (exact) mass is 240 g/mol. The van der Waals surface area contributed by atoms with E-state index in [1.807, 2.05) is 6.92 Å². The molecule has 1 rings (SSSR count). The van der Waals surface area contributed by atoms with E-state index in [2.05, 4.69) is 11.9 Å². The van der Waals surface area contributed by atoms with Crippen molar-refractivity contribution >= 4 is 5.91 Å². The van der Waals surface area contributed by atoms with Crippen LogP contribution >= 0.6 is 0 Å². The van der Waals surface area contributed by atoms with Crippen LogP contribution in [0.4, 0.5) is 0 Å². The number of hydrogen-bond acceptors (Lipinski definition) is 3. The Morgan fingerprint density at radius 3 is 2.71 bits per heavy atom. The van der Waals surface area contributed by atoms with E-state index in [-0.39, 0.29) is 11.3 Å². The zero-order valence-corrected chi connectivity index (χ0v) is 10.8. The fraction of sp³-hybridized carbons (Fsp3) is 0.769. The zero-order valence-electron chi connectivity index (χ0n) is 10.8. The van der Waals surface area contributed by atoms with Crippen molar-refractivity contribution in [3.63, 3.8) is 0 Å². The molecule has 0 unspecified atom stereocenters. The Labute approximate surface area is 104 Å². The summed E-state index contributed by atoms with van der Waals surface area (Å²) in [5.41, 5.74) is 6.79. The molecule has 0 bridgehead atoms. The lowest BCUT2D eigenvalue weighted by Crippen LogP contribution is -2.42. The van der Waals surface area contributed by atoms with E-state index in [4.69, 9.17) is 10.5 Å². The number of carbonyl (C=O) groups excluding carboxylic acids is 1. The molecule has 4 heteroatoms. The van der Waals surface area contributed by atoms with Crippen molar-refractivity contribution in [2.45, 2.75) is 32.6 Å². The lowest BCUT2D eigenvalue weighted by molar-refractivity contribution is -0.124. The highest BCUT2D eigenvalue weighted by Crippen LogP contribution is 2.42. The van der Waals surface area contributed by atoms with Gasteiger partial charge in [0.25, 0.3) is 0 Å². The highest BCUT2D eigenvalue weighted by molar-refractivity contribution is 5.76. The number of rotatable bonds is 8. The molecule has 1 aliphatic carbocycles. The van der Waals surface area contributed by atoms with Gasteiger partial charge in [-0.05, 0) is 31.7 Å². The van der Waals surface area contributed by atoms with Gasteiger partial charge in [0.1, 0.15) is 0 Å². The summed E-state index contributed by atoms with van der Waals surface area (Å²) in [7, 11) is 0. The molecule has 4 nitrogen and oxygen atoms in total.